The minimum atomic E-state index is -0.385. The van der Waals surface area contributed by atoms with Gasteiger partial charge in [0.1, 0.15) is 17.2 Å². The third-order valence-electron chi connectivity index (χ3n) is 5.30. The highest BCUT2D eigenvalue weighted by Crippen LogP contribution is 2.36. The summed E-state index contributed by atoms with van der Waals surface area (Å²) in [4.78, 5) is 28.3. The van der Waals surface area contributed by atoms with Crippen LogP contribution in [0.4, 0.5) is 5.69 Å². The highest BCUT2D eigenvalue weighted by atomic mass is 16.5. The number of ether oxygens (including phenoxy) is 2. The minimum Gasteiger partial charge on any atom is -0.496 e. The molecule has 2 amide bonds. The van der Waals surface area contributed by atoms with Crippen LogP contribution < -0.4 is 14.8 Å². The van der Waals surface area contributed by atoms with Crippen LogP contribution in [0.5, 0.6) is 11.5 Å². The van der Waals surface area contributed by atoms with Crippen molar-refractivity contribution in [3.8, 4) is 11.5 Å². The van der Waals surface area contributed by atoms with E-state index in [2.05, 4.69) is 5.32 Å². The molecule has 6 nitrogen and oxygen atoms in total. The number of benzene rings is 3. The molecule has 3 aromatic carbocycles. The van der Waals surface area contributed by atoms with E-state index in [9.17, 15) is 9.59 Å². The van der Waals surface area contributed by atoms with Crippen LogP contribution in [0.1, 0.15) is 24.5 Å². The molecule has 0 radical (unpaired) electrons. The van der Waals surface area contributed by atoms with Crippen molar-refractivity contribution in [2.45, 2.75) is 19.9 Å². The third kappa shape index (κ3) is 4.75. The van der Waals surface area contributed by atoms with Gasteiger partial charge in [-0.05, 0) is 30.2 Å². The number of methoxy groups -OCH3 is 1. The van der Waals surface area contributed by atoms with E-state index in [0.29, 0.717) is 29.4 Å². The summed E-state index contributed by atoms with van der Waals surface area (Å²) in [5.74, 6) is 0.465. The lowest BCUT2D eigenvalue weighted by Gasteiger charge is -2.15. The Kier molecular flexibility index (Phi) is 6.74. The normalized spacial score (nSPS) is 13.5. The zero-order chi connectivity index (χ0) is 23.2. The predicted molar refractivity (Wildman–Crippen MR) is 128 cm³/mol. The molecule has 1 aliphatic heterocycles. The number of para-hydroxylation sites is 1. The second-order valence-corrected chi connectivity index (χ2v) is 7.63. The number of nitrogens with zero attached hydrogens (tertiary/aromatic N) is 1. The predicted octanol–water partition coefficient (Wildman–Crippen LogP) is 4.88. The number of anilines is 1. The van der Waals surface area contributed by atoms with Gasteiger partial charge in [0.15, 0.2) is 0 Å². The van der Waals surface area contributed by atoms with E-state index >= 15 is 0 Å². The highest BCUT2D eigenvalue weighted by Gasteiger charge is 2.40. The maximum absolute atomic E-state index is 13.5. The molecule has 6 heteroatoms. The molecule has 0 unspecified atom stereocenters. The van der Waals surface area contributed by atoms with Crippen LogP contribution in [0.15, 0.2) is 84.6 Å². The average Bonchev–Trinajstić information content (AvgIpc) is 3.07. The van der Waals surface area contributed by atoms with Gasteiger partial charge in [-0.3, -0.25) is 14.5 Å². The van der Waals surface area contributed by atoms with Crippen LogP contribution in [0, 0.1) is 0 Å². The summed E-state index contributed by atoms with van der Waals surface area (Å²) >= 11 is 0. The maximum atomic E-state index is 13.5. The molecule has 0 fully saturated rings. The van der Waals surface area contributed by atoms with Crippen LogP contribution in [0.2, 0.25) is 0 Å². The molecular formula is C27H26N2O4. The summed E-state index contributed by atoms with van der Waals surface area (Å²) in [6.45, 7) is 2.82. The van der Waals surface area contributed by atoms with Gasteiger partial charge in [0.25, 0.3) is 11.8 Å². The van der Waals surface area contributed by atoms with Gasteiger partial charge in [-0.25, -0.2) is 0 Å². The Morgan fingerprint density at radius 2 is 1.64 bits per heavy atom. The van der Waals surface area contributed by atoms with E-state index in [1.54, 1.807) is 19.2 Å². The first kappa shape index (κ1) is 22.1. The zero-order valence-corrected chi connectivity index (χ0v) is 18.7. The quantitative estimate of drug-likeness (QED) is 0.479. The summed E-state index contributed by atoms with van der Waals surface area (Å²) in [6, 6.07) is 24.0. The largest absolute Gasteiger partial charge is 0.496 e. The molecule has 3 aromatic rings. The number of carbonyl (C=O) groups excluding carboxylic acids is 2. The van der Waals surface area contributed by atoms with Crippen molar-refractivity contribution in [1.82, 2.24) is 4.90 Å². The van der Waals surface area contributed by atoms with Gasteiger partial charge in [-0.1, -0.05) is 61.5 Å². The van der Waals surface area contributed by atoms with E-state index in [1.807, 2.05) is 73.7 Å². The molecule has 0 aliphatic carbocycles. The summed E-state index contributed by atoms with van der Waals surface area (Å²) in [7, 11) is 1.55. The molecule has 1 N–H and O–H groups in total. The Morgan fingerprint density at radius 1 is 0.879 bits per heavy atom. The maximum Gasteiger partial charge on any atom is 0.278 e. The SMILES string of the molecule is CCCOc1cccc(NC2=C(c3ccccc3OC)C(=O)N(Cc3ccccc3)C2=O)c1. The number of amides is 2. The van der Waals surface area contributed by atoms with E-state index in [1.165, 1.54) is 4.90 Å². The van der Waals surface area contributed by atoms with Gasteiger partial charge < -0.3 is 14.8 Å². The number of nitrogens with one attached hydrogen (secondary N) is 1. The van der Waals surface area contributed by atoms with E-state index < -0.39 is 0 Å². The topological polar surface area (TPSA) is 67.9 Å². The summed E-state index contributed by atoms with van der Waals surface area (Å²) in [5, 5.41) is 3.19. The van der Waals surface area contributed by atoms with Crippen LogP contribution in [0.3, 0.4) is 0 Å². The fourth-order valence-electron chi connectivity index (χ4n) is 3.73. The molecule has 33 heavy (non-hydrogen) atoms. The Labute approximate surface area is 193 Å². The summed E-state index contributed by atoms with van der Waals surface area (Å²) in [5.41, 5.74) is 2.60. The van der Waals surface area contributed by atoms with Gasteiger partial charge in [-0.2, -0.15) is 0 Å². The van der Waals surface area contributed by atoms with E-state index in [-0.39, 0.29) is 29.6 Å². The van der Waals surface area contributed by atoms with Gasteiger partial charge in [0.05, 0.1) is 25.8 Å². The fraction of sp³-hybridized carbons (Fsp3) is 0.185. The molecule has 0 aromatic heterocycles. The molecule has 0 saturated carbocycles. The summed E-state index contributed by atoms with van der Waals surface area (Å²) in [6.07, 6.45) is 0.891. The van der Waals surface area contributed by atoms with Crippen molar-refractivity contribution in [3.05, 3.63) is 95.7 Å². The van der Waals surface area contributed by atoms with Gasteiger partial charge >= 0.3 is 0 Å². The first-order valence-electron chi connectivity index (χ1n) is 10.9. The Balaban J connectivity index is 1.74. The molecule has 4 rings (SSSR count). The molecule has 0 spiro atoms. The molecule has 0 atom stereocenters. The van der Waals surface area contributed by atoms with Gasteiger partial charge in [0, 0.05) is 17.3 Å². The molecule has 0 bridgehead atoms. The van der Waals surface area contributed by atoms with Crippen molar-refractivity contribution in [2.24, 2.45) is 0 Å². The molecule has 0 saturated heterocycles. The molecular weight excluding hydrogens is 416 g/mol. The molecule has 1 aliphatic rings. The standard InChI is InChI=1S/C27H26N2O4/c1-3-16-33-21-13-9-12-20(17-21)28-25-24(22-14-7-8-15-23(22)32-2)26(30)29(27(25)31)18-19-10-5-4-6-11-19/h4-15,17,28H,3,16,18H2,1-2H3. The number of imide groups is 1. The first-order valence-corrected chi connectivity index (χ1v) is 10.9. The lowest BCUT2D eigenvalue weighted by atomic mass is 10.0. The minimum absolute atomic E-state index is 0.183. The van der Waals surface area contributed by atoms with Crippen molar-refractivity contribution in [1.29, 1.82) is 0 Å². The lowest BCUT2D eigenvalue weighted by molar-refractivity contribution is -0.137. The van der Waals surface area contributed by atoms with E-state index in [4.69, 9.17) is 9.47 Å². The lowest BCUT2D eigenvalue weighted by Crippen LogP contribution is -2.32. The Hall–Kier alpha value is -4.06. The highest BCUT2D eigenvalue weighted by molar-refractivity contribution is 6.36. The monoisotopic (exact) mass is 442 g/mol. The van der Waals surface area contributed by atoms with Crippen molar-refractivity contribution in [3.63, 3.8) is 0 Å². The number of carbonyl (C=O) groups is 2. The van der Waals surface area contributed by atoms with Gasteiger partial charge in [0.2, 0.25) is 0 Å². The number of rotatable bonds is 9. The first-order chi connectivity index (χ1) is 16.1. The second kappa shape index (κ2) is 10.0. The van der Waals surface area contributed by atoms with Crippen LogP contribution in [-0.4, -0.2) is 30.4 Å². The Morgan fingerprint density at radius 3 is 2.39 bits per heavy atom. The van der Waals surface area contributed by atoms with Crippen LogP contribution in [-0.2, 0) is 16.1 Å². The smallest absolute Gasteiger partial charge is 0.278 e. The number of hydrogen-bond acceptors (Lipinski definition) is 5. The molecule has 1 heterocycles. The summed E-state index contributed by atoms with van der Waals surface area (Å²) < 4.78 is 11.2. The number of hydrogen-bond donors (Lipinski definition) is 1. The second-order valence-electron chi connectivity index (χ2n) is 7.63. The van der Waals surface area contributed by atoms with Crippen LogP contribution >= 0.6 is 0 Å². The third-order valence-corrected chi connectivity index (χ3v) is 5.30. The zero-order valence-electron chi connectivity index (χ0n) is 18.7. The fourth-order valence-corrected chi connectivity index (χ4v) is 3.73. The molecule has 168 valence electrons. The van der Waals surface area contributed by atoms with Crippen molar-refractivity contribution >= 4 is 23.1 Å². The average molecular weight is 443 g/mol. The van der Waals surface area contributed by atoms with Crippen LogP contribution in [0.25, 0.3) is 5.57 Å². The van der Waals surface area contributed by atoms with Crippen molar-refractivity contribution < 1.29 is 19.1 Å². The van der Waals surface area contributed by atoms with Gasteiger partial charge in [-0.15, -0.1) is 0 Å². The van der Waals surface area contributed by atoms with E-state index in [0.717, 1.165) is 12.0 Å². The Bertz CT molecular complexity index is 1190. The van der Waals surface area contributed by atoms with Crippen molar-refractivity contribution in [2.75, 3.05) is 19.0 Å².